The Bertz CT molecular complexity index is 874. The van der Waals surface area contributed by atoms with E-state index in [-0.39, 0.29) is 25.0 Å². The average molecular weight is 385 g/mol. The van der Waals surface area contributed by atoms with Gasteiger partial charge in [-0.05, 0) is 42.0 Å². The monoisotopic (exact) mass is 384 g/mol. The van der Waals surface area contributed by atoms with Crippen molar-refractivity contribution in [3.63, 3.8) is 0 Å². The Morgan fingerprint density at radius 3 is 2.41 bits per heavy atom. The summed E-state index contributed by atoms with van der Waals surface area (Å²) in [6.07, 6.45) is 0. The smallest absolute Gasteiger partial charge is 0.308 e. The maximum atomic E-state index is 12.5. The first kappa shape index (κ1) is 18.7. The van der Waals surface area contributed by atoms with Gasteiger partial charge < -0.3 is 14.7 Å². The normalized spacial score (nSPS) is 18.7. The molecule has 1 heterocycles. The number of benzene rings is 2. The summed E-state index contributed by atoms with van der Waals surface area (Å²) in [7, 11) is 0. The largest absolute Gasteiger partial charge is 0.484 e. The molecule has 0 aromatic heterocycles. The van der Waals surface area contributed by atoms with Gasteiger partial charge in [0.05, 0.1) is 17.6 Å². The van der Waals surface area contributed by atoms with Crippen LogP contribution in [0.1, 0.15) is 17.0 Å². The number of carbonyl (C=O) groups excluding carboxylic acids is 1. The molecule has 1 aliphatic rings. The van der Waals surface area contributed by atoms with Crippen LogP contribution in [0.4, 0.5) is 0 Å². The molecule has 0 bridgehead atoms. The second-order valence-corrected chi connectivity index (χ2v) is 6.76. The molecule has 138 valence electrons. The molecule has 1 N–H and O–H groups in total. The number of rotatable bonds is 5. The first-order valence-corrected chi connectivity index (χ1v) is 8.74. The first-order valence-electron chi connectivity index (χ1n) is 8.37. The van der Waals surface area contributed by atoms with Crippen LogP contribution in [0.15, 0.2) is 48.5 Å². The summed E-state index contributed by atoms with van der Waals surface area (Å²) in [5.41, 5.74) is 1.35. The molecule has 1 aliphatic heterocycles. The maximum absolute atomic E-state index is 12.5. The Balaban J connectivity index is 1.65. The fourth-order valence-corrected chi connectivity index (χ4v) is 3.29. The third-order valence-electron chi connectivity index (χ3n) is 4.63. The molecule has 7 heteroatoms. The highest BCUT2D eigenvalue weighted by Gasteiger charge is 2.40. The van der Waals surface area contributed by atoms with Crippen molar-refractivity contribution < 1.29 is 19.4 Å². The minimum Gasteiger partial charge on any atom is -0.484 e. The highest BCUT2D eigenvalue weighted by atomic mass is 35.5. The number of carbonyl (C=O) groups is 2. The van der Waals surface area contributed by atoms with Gasteiger partial charge in [0.15, 0.2) is 6.61 Å². The van der Waals surface area contributed by atoms with Crippen molar-refractivity contribution in [1.29, 1.82) is 5.26 Å². The summed E-state index contributed by atoms with van der Waals surface area (Å²) < 4.78 is 5.47. The topological polar surface area (TPSA) is 90.6 Å². The highest BCUT2D eigenvalue weighted by molar-refractivity contribution is 6.30. The second kappa shape index (κ2) is 8.11. The van der Waals surface area contributed by atoms with E-state index in [0.29, 0.717) is 22.9 Å². The molecular formula is C20H17ClN2O4. The lowest BCUT2D eigenvalue weighted by Gasteiger charge is -2.17. The number of carboxylic acid groups (broad SMARTS) is 1. The summed E-state index contributed by atoms with van der Waals surface area (Å²) in [6.45, 7) is 0.262. The van der Waals surface area contributed by atoms with Crippen molar-refractivity contribution in [2.45, 2.75) is 5.92 Å². The fourth-order valence-electron chi connectivity index (χ4n) is 3.17. The van der Waals surface area contributed by atoms with Crippen LogP contribution >= 0.6 is 11.6 Å². The minimum atomic E-state index is -0.932. The zero-order chi connectivity index (χ0) is 19.4. The predicted molar refractivity (Wildman–Crippen MR) is 98.6 cm³/mol. The molecule has 0 spiro atoms. The van der Waals surface area contributed by atoms with Crippen LogP contribution in [0.5, 0.6) is 5.75 Å². The number of nitrogens with zero attached hydrogens (tertiary/aromatic N) is 2. The number of carboxylic acids is 1. The molecule has 0 saturated carbocycles. The van der Waals surface area contributed by atoms with Crippen molar-refractivity contribution in [3.05, 3.63) is 64.7 Å². The molecule has 6 nitrogen and oxygen atoms in total. The maximum Gasteiger partial charge on any atom is 0.308 e. The van der Waals surface area contributed by atoms with Crippen LogP contribution < -0.4 is 4.74 Å². The van der Waals surface area contributed by atoms with Crippen LogP contribution in [0.25, 0.3) is 0 Å². The van der Waals surface area contributed by atoms with Gasteiger partial charge in [-0.15, -0.1) is 0 Å². The lowest BCUT2D eigenvalue weighted by molar-refractivity contribution is -0.142. The standard InChI is InChI=1S/C20H17ClN2O4/c21-15-5-3-14(4-6-15)17-10-23(11-18(17)20(25)26)19(24)12-27-16-7-1-13(9-22)2-8-16/h1-8,17-18H,10-12H2,(H,25,26)/t17-,18+/m0/s1. The summed E-state index contributed by atoms with van der Waals surface area (Å²) in [5, 5.41) is 18.9. The van der Waals surface area contributed by atoms with Gasteiger partial charge in [0.2, 0.25) is 0 Å². The Hall–Kier alpha value is -3.04. The van der Waals surface area contributed by atoms with Crippen LogP contribution in [0.3, 0.4) is 0 Å². The van der Waals surface area contributed by atoms with Crippen LogP contribution in [0, 0.1) is 17.2 Å². The van der Waals surface area contributed by atoms with Crippen molar-refractivity contribution >= 4 is 23.5 Å². The highest BCUT2D eigenvalue weighted by Crippen LogP contribution is 2.33. The number of aliphatic carboxylic acids is 1. The molecule has 0 radical (unpaired) electrons. The van der Waals surface area contributed by atoms with E-state index in [1.54, 1.807) is 48.5 Å². The fraction of sp³-hybridized carbons (Fsp3) is 0.250. The molecule has 1 fully saturated rings. The lowest BCUT2D eigenvalue weighted by Crippen LogP contribution is -2.33. The number of likely N-dealkylation sites (tertiary alicyclic amines) is 1. The van der Waals surface area contributed by atoms with E-state index in [9.17, 15) is 14.7 Å². The lowest BCUT2D eigenvalue weighted by atomic mass is 9.89. The van der Waals surface area contributed by atoms with Crippen LogP contribution in [-0.4, -0.2) is 41.6 Å². The molecular weight excluding hydrogens is 368 g/mol. The van der Waals surface area contributed by atoms with E-state index in [2.05, 4.69) is 0 Å². The quantitative estimate of drug-likeness (QED) is 0.855. The van der Waals surface area contributed by atoms with E-state index in [4.69, 9.17) is 21.6 Å². The van der Waals surface area contributed by atoms with Gasteiger partial charge in [-0.1, -0.05) is 23.7 Å². The van der Waals surface area contributed by atoms with E-state index < -0.39 is 11.9 Å². The summed E-state index contributed by atoms with van der Waals surface area (Å²) >= 11 is 5.90. The Morgan fingerprint density at radius 1 is 1.15 bits per heavy atom. The van der Waals surface area contributed by atoms with Crippen molar-refractivity contribution in [2.75, 3.05) is 19.7 Å². The van der Waals surface area contributed by atoms with Crippen molar-refractivity contribution in [3.8, 4) is 11.8 Å². The summed E-state index contributed by atoms with van der Waals surface area (Å²) in [4.78, 5) is 25.6. The van der Waals surface area contributed by atoms with E-state index in [1.807, 2.05) is 6.07 Å². The molecule has 2 atom stereocenters. The Morgan fingerprint density at radius 2 is 1.81 bits per heavy atom. The van der Waals surface area contributed by atoms with E-state index in [1.165, 1.54) is 4.90 Å². The second-order valence-electron chi connectivity index (χ2n) is 6.33. The van der Waals surface area contributed by atoms with Gasteiger partial charge in [-0.2, -0.15) is 5.26 Å². The molecule has 1 amide bonds. The molecule has 0 aliphatic carbocycles. The summed E-state index contributed by atoms with van der Waals surface area (Å²) in [6, 6.07) is 15.5. The van der Waals surface area contributed by atoms with E-state index in [0.717, 1.165) is 5.56 Å². The van der Waals surface area contributed by atoms with Crippen LogP contribution in [0.2, 0.25) is 5.02 Å². The molecule has 1 saturated heterocycles. The zero-order valence-corrected chi connectivity index (χ0v) is 15.1. The third kappa shape index (κ3) is 4.39. The average Bonchev–Trinajstić information content (AvgIpc) is 3.13. The molecule has 2 aromatic carbocycles. The number of hydrogen-bond donors (Lipinski definition) is 1. The number of hydrogen-bond acceptors (Lipinski definition) is 4. The number of halogens is 1. The van der Waals surface area contributed by atoms with Gasteiger partial charge in [0.25, 0.3) is 5.91 Å². The van der Waals surface area contributed by atoms with Gasteiger partial charge in [0.1, 0.15) is 5.75 Å². The minimum absolute atomic E-state index is 0.137. The Kier molecular flexibility index (Phi) is 5.63. The van der Waals surface area contributed by atoms with Crippen LogP contribution in [-0.2, 0) is 9.59 Å². The Labute approximate surface area is 161 Å². The van der Waals surface area contributed by atoms with E-state index >= 15 is 0 Å². The van der Waals surface area contributed by atoms with Gasteiger partial charge in [0, 0.05) is 24.0 Å². The number of amides is 1. The number of nitriles is 1. The van der Waals surface area contributed by atoms with Gasteiger partial charge in [-0.25, -0.2) is 0 Å². The van der Waals surface area contributed by atoms with Gasteiger partial charge >= 0.3 is 5.97 Å². The zero-order valence-electron chi connectivity index (χ0n) is 14.3. The first-order chi connectivity index (χ1) is 13.0. The SMILES string of the molecule is N#Cc1ccc(OCC(=O)N2C[C@@H](C(=O)O)[C@H](c3ccc(Cl)cc3)C2)cc1. The van der Waals surface area contributed by atoms with Crippen molar-refractivity contribution in [1.82, 2.24) is 4.90 Å². The molecule has 27 heavy (non-hydrogen) atoms. The molecule has 3 rings (SSSR count). The predicted octanol–water partition coefficient (Wildman–Crippen LogP) is 2.92. The number of ether oxygens (including phenoxy) is 1. The summed E-state index contributed by atoms with van der Waals surface area (Å²) in [5.74, 6) is -1.70. The molecule has 0 unspecified atom stereocenters. The molecule has 2 aromatic rings. The van der Waals surface area contributed by atoms with Gasteiger partial charge in [-0.3, -0.25) is 9.59 Å². The van der Waals surface area contributed by atoms with Crippen molar-refractivity contribution in [2.24, 2.45) is 5.92 Å². The third-order valence-corrected chi connectivity index (χ3v) is 4.89.